The molecule has 0 saturated carbocycles. The summed E-state index contributed by atoms with van der Waals surface area (Å²) in [6.45, 7) is 7.86. The molecule has 0 spiro atoms. The lowest BCUT2D eigenvalue weighted by molar-refractivity contribution is 0.0529. The number of nitrogens with one attached hydrogen (secondary N) is 1. The fourth-order valence-corrected chi connectivity index (χ4v) is 2.85. The van der Waals surface area contributed by atoms with Crippen molar-refractivity contribution in [2.45, 2.75) is 52.3 Å². The minimum atomic E-state index is -1.23. The zero-order valence-electron chi connectivity index (χ0n) is 12.2. The highest BCUT2D eigenvalue weighted by molar-refractivity contribution is 5.78. The Kier molecular flexibility index (Phi) is 3.72. The van der Waals surface area contributed by atoms with Crippen molar-refractivity contribution in [2.75, 3.05) is 0 Å². The first-order chi connectivity index (χ1) is 8.85. The van der Waals surface area contributed by atoms with Crippen LogP contribution in [-0.2, 0) is 0 Å². The molecule has 0 aromatic carbocycles. The number of carbonyl (C=O) groups excluding carboxylic acids is 1. The summed E-state index contributed by atoms with van der Waals surface area (Å²) in [4.78, 5) is 13.8. The van der Waals surface area contributed by atoms with Gasteiger partial charge in [-0.3, -0.25) is 4.90 Å². The van der Waals surface area contributed by atoms with Gasteiger partial charge in [0.2, 0.25) is 0 Å². The van der Waals surface area contributed by atoms with E-state index >= 15 is 0 Å². The maximum atomic E-state index is 12.1. The lowest BCUT2D eigenvalue weighted by Crippen LogP contribution is -2.57. The fourth-order valence-electron chi connectivity index (χ4n) is 2.85. The molecule has 0 radical (unpaired) electrons. The molecule has 1 aliphatic heterocycles. The lowest BCUT2D eigenvalue weighted by Gasteiger charge is -2.40. The van der Waals surface area contributed by atoms with Gasteiger partial charge in [0.15, 0.2) is 5.72 Å². The van der Waals surface area contributed by atoms with Crippen molar-refractivity contribution in [2.24, 2.45) is 11.8 Å². The van der Waals surface area contributed by atoms with Gasteiger partial charge in [-0.15, -0.1) is 0 Å². The zero-order chi connectivity index (χ0) is 14.2. The Bertz CT molecular complexity index is 426. The van der Waals surface area contributed by atoms with Gasteiger partial charge in [0.25, 0.3) is 0 Å². The maximum absolute atomic E-state index is 12.1. The van der Waals surface area contributed by atoms with Gasteiger partial charge in [0.1, 0.15) is 0 Å². The van der Waals surface area contributed by atoms with Crippen LogP contribution in [0.2, 0.25) is 0 Å². The quantitative estimate of drug-likeness (QED) is 0.753. The molecule has 0 fully saturated rings. The van der Waals surface area contributed by atoms with Gasteiger partial charge in [0.05, 0.1) is 6.04 Å². The number of allylic oxidation sites excluding steroid dienone is 1. The Balaban J connectivity index is 2.20. The average molecular weight is 264 g/mol. The highest BCUT2D eigenvalue weighted by Gasteiger charge is 2.36. The standard InChI is InChI=1S/C15H24N2O2/c1-5-12-6-7-13(8-10(12)2)17-9-11(3)15(4,19)16-14(17)18/h6-7,9-10,12-13,19H,5,8H2,1-4H3,(H,16,18). The lowest BCUT2D eigenvalue weighted by atomic mass is 9.81. The molecule has 106 valence electrons. The van der Waals surface area contributed by atoms with Gasteiger partial charge in [-0.05, 0) is 44.1 Å². The Morgan fingerprint density at radius 2 is 2.21 bits per heavy atom. The molecule has 2 aliphatic rings. The van der Waals surface area contributed by atoms with E-state index in [2.05, 4.69) is 31.3 Å². The van der Waals surface area contributed by atoms with Crippen LogP contribution in [0.5, 0.6) is 0 Å². The Morgan fingerprint density at radius 1 is 1.53 bits per heavy atom. The van der Waals surface area contributed by atoms with Crippen LogP contribution < -0.4 is 5.32 Å². The minimum absolute atomic E-state index is 0.0869. The van der Waals surface area contributed by atoms with E-state index in [1.165, 1.54) is 0 Å². The van der Waals surface area contributed by atoms with Gasteiger partial charge in [-0.1, -0.05) is 26.0 Å². The van der Waals surface area contributed by atoms with Crippen molar-refractivity contribution in [3.63, 3.8) is 0 Å². The Morgan fingerprint density at radius 3 is 2.79 bits per heavy atom. The predicted molar refractivity (Wildman–Crippen MR) is 75.2 cm³/mol. The second-order valence-corrected chi connectivity index (χ2v) is 5.96. The molecule has 0 aromatic rings. The summed E-state index contributed by atoms with van der Waals surface area (Å²) in [7, 11) is 0. The third kappa shape index (κ3) is 2.68. The molecule has 2 rings (SSSR count). The first-order valence-electron chi connectivity index (χ1n) is 7.05. The van der Waals surface area contributed by atoms with Crippen LogP contribution in [0.25, 0.3) is 0 Å². The number of amides is 2. The largest absolute Gasteiger partial charge is 0.367 e. The fraction of sp³-hybridized carbons (Fsp3) is 0.667. The predicted octanol–water partition coefficient (Wildman–Crippen LogP) is 2.61. The average Bonchev–Trinajstić information content (AvgIpc) is 2.33. The number of hydrogen-bond donors (Lipinski definition) is 2. The molecule has 4 unspecified atom stereocenters. The normalized spacial score (nSPS) is 39.0. The summed E-state index contributed by atoms with van der Waals surface area (Å²) < 4.78 is 0. The van der Waals surface area contributed by atoms with Crippen LogP contribution in [0.3, 0.4) is 0 Å². The van der Waals surface area contributed by atoms with Gasteiger partial charge in [-0.2, -0.15) is 0 Å². The molecule has 2 N–H and O–H groups in total. The monoisotopic (exact) mass is 264 g/mol. The van der Waals surface area contributed by atoms with Crippen LogP contribution >= 0.6 is 0 Å². The summed E-state index contributed by atoms with van der Waals surface area (Å²) in [6.07, 6.45) is 8.22. The number of rotatable bonds is 2. The number of aliphatic hydroxyl groups is 1. The van der Waals surface area contributed by atoms with Crippen molar-refractivity contribution < 1.29 is 9.90 Å². The van der Waals surface area contributed by atoms with E-state index in [9.17, 15) is 9.90 Å². The van der Waals surface area contributed by atoms with E-state index in [4.69, 9.17) is 0 Å². The molecule has 0 bridgehead atoms. The third-order valence-corrected chi connectivity index (χ3v) is 4.44. The summed E-state index contributed by atoms with van der Waals surface area (Å²) in [5.41, 5.74) is -0.477. The smallest absolute Gasteiger partial charge is 0.324 e. The molecule has 4 heteroatoms. The molecule has 2 amide bonds. The van der Waals surface area contributed by atoms with E-state index in [0.717, 1.165) is 18.4 Å². The van der Waals surface area contributed by atoms with E-state index in [1.54, 1.807) is 18.0 Å². The first kappa shape index (κ1) is 14.1. The Hall–Kier alpha value is -1.29. The highest BCUT2D eigenvalue weighted by atomic mass is 16.3. The number of nitrogens with zero attached hydrogens (tertiary/aromatic N) is 1. The van der Waals surface area contributed by atoms with Crippen LogP contribution in [0.1, 0.15) is 40.5 Å². The van der Waals surface area contributed by atoms with E-state index < -0.39 is 5.72 Å². The molecule has 4 nitrogen and oxygen atoms in total. The van der Waals surface area contributed by atoms with Crippen LogP contribution in [0.4, 0.5) is 4.79 Å². The number of urea groups is 1. The highest BCUT2D eigenvalue weighted by Crippen LogP contribution is 2.31. The number of hydrogen-bond acceptors (Lipinski definition) is 2. The molecular formula is C15H24N2O2. The minimum Gasteiger partial charge on any atom is -0.367 e. The van der Waals surface area contributed by atoms with E-state index in [0.29, 0.717) is 11.8 Å². The van der Waals surface area contributed by atoms with Gasteiger partial charge in [0, 0.05) is 6.20 Å². The molecule has 0 saturated heterocycles. The topological polar surface area (TPSA) is 52.6 Å². The summed E-state index contributed by atoms with van der Waals surface area (Å²) in [5.74, 6) is 1.18. The molecule has 1 aliphatic carbocycles. The SMILES string of the molecule is CCC1C=CC(N2C=C(C)C(C)(O)NC2=O)CC1C. The molecule has 1 heterocycles. The van der Waals surface area contributed by atoms with Gasteiger partial charge >= 0.3 is 6.03 Å². The van der Waals surface area contributed by atoms with Gasteiger partial charge in [-0.25, -0.2) is 4.79 Å². The van der Waals surface area contributed by atoms with Crippen LogP contribution in [0, 0.1) is 11.8 Å². The summed E-state index contributed by atoms with van der Waals surface area (Å²) in [6, 6.07) is -0.142. The number of carbonyl (C=O) groups is 1. The maximum Gasteiger partial charge on any atom is 0.324 e. The van der Waals surface area contributed by atoms with Crippen molar-refractivity contribution >= 4 is 6.03 Å². The van der Waals surface area contributed by atoms with Crippen molar-refractivity contribution in [3.8, 4) is 0 Å². The molecular weight excluding hydrogens is 240 g/mol. The second kappa shape index (κ2) is 5.00. The van der Waals surface area contributed by atoms with E-state index in [-0.39, 0.29) is 12.1 Å². The second-order valence-electron chi connectivity index (χ2n) is 5.96. The van der Waals surface area contributed by atoms with Crippen LogP contribution in [0.15, 0.2) is 23.9 Å². The molecule has 4 atom stereocenters. The zero-order valence-corrected chi connectivity index (χ0v) is 12.2. The van der Waals surface area contributed by atoms with E-state index in [1.807, 2.05) is 6.92 Å². The summed E-state index contributed by atoms with van der Waals surface area (Å²) in [5, 5.41) is 12.6. The first-order valence-corrected chi connectivity index (χ1v) is 7.05. The molecule has 0 aromatic heterocycles. The molecule has 19 heavy (non-hydrogen) atoms. The van der Waals surface area contributed by atoms with Gasteiger partial charge < -0.3 is 10.4 Å². The van der Waals surface area contributed by atoms with Crippen LogP contribution in [-0.4, -0.2) is 27.8 Å². The van der Waals surface area contributed by atoms with Crippen molar-refractivity contribution in [3.05, 3.63) is 23.9 Å². The summed E-state index contributed by atoms with van der Waals surface area (Å²) >= 11 is 0. The van der Waals surface area contributed by atoms with Crippen molar-refractivity contribution in [1.82, 2.24) is 10.2 Å². The Labute approximate surface area is 115 Å². The van der Waals surface area contributed by atoms with Crippen molar-refractivity contribution in [1.29, 1.82) is 0 Å². The third-order valence-electron chi connectivity index (χ3n) is 4.44.